The summed E-state index contributed by atoms with van der Waals surface area (Å²) < 4.78 is 11.9. The third-order valence-electron chi connectivity index (χ3n) is 3.08. The maximum atomic E-state index is 11.9. The van der Waals surface area contributed by atoms with Crippen LogP contribution in [0.2, 0.25) is 5.02 Å². The zero-order chi connectivity index (χ0) is 15.8. The number of carbonyl (C=O) groups is 1. The smallest absolute Gasteiger partial charge is 0.224 e. The van der Waals surface area contributed by atoms with Crippen LogP contribution in [-0.2, 0) is 27.8 Å². The molecule has 0 aliphatic rings. The van der Waals surface area contributed by atoms with E-state index in [2.05, 4.69) is 5.32 Å². The number of nitrogens with one attached hydrogen (secondary N) is 1. The summed E-state index contributed by atoms with van der Waals surface area (Å²) in [4.78, 5) is 11.8. The topological polar surface area (TPSA) is 46.2 Å². The summed E-state index contributed by atoms with van der Waals surface area (Å²) in [6, 6.07) is 16.9. The molecule has 5 heteroatoms. The van der Waals surface area contributed by atoms with Crippen LogP contribution in [0.25, 0.3) is 0 Å². The average molecular weight is 336 g/mol. The van der Waals surface area contributed by atoms with Crippen LogP contribution in [-0.4, -0.2) is 22.4 Å². The first-order valence-corrected chi connectivity index (χ1v) is 8.90. The summed E-state index contributed by atoms with van der Waals surface area (Å²) in [5, 5.41) is 3.41. The molecule has 3 nitrogen and oxygen atoms in total. The van der Waals surface area contributed by atoms with Gasteiger partial charge in [-0.2, -0.15) is 0 Å². The van der Waals surface area contributed by atoms with E-state index in [-0.39, 0.29) is 12.3 Å². The van der Waals surface area contributed by atoms with E-state index < -0.39 is 10.8 Å². The zero-order valence-electron chi connectivity index (χ0n) is 12.1. The molecule has 2 aromatic rings. The molecule has 0 aliphatic carbocycles. The molecule has 1 atom stereocenters. The van der Waals surface area contributed by atoms with Gasteiger partial charge in [0.25, 0.3) is 0 Å². The third-order valence-corrected chi connectivity index (χ3v) is 4.63. The molecule has 1 N–H and O–H groups in total. The number of benzene rings is 2. The number of hydrogen-bond acceptors (Lipinski definition) is 2. The van der Waals surface area contributed by atoms with E-state index in [4.69, 9.17) is 11.6 Å². The van der Waals surface area contributed by atoms with Gasteiger partial charge in [0.15, 0.2) is 0 Å². The molecule has 1 unspecified atom stereocenters. The molecule has 116 valence electrons. The Balaban J connectivity index is 1.69. The summed E-state index contributed by atoms with van der Waals surface area (Å²) >= 11 is 5.88. The van der Waals surface area contributed by atoms with E-state index in [1.807, 2.05) is 42.5 Å². The van der Waals surface area contributed by atoms with Gasteiger partial charge in [0.1, 0.15) is 0 Å². The van der Waals surface area contributed by atoms with Gasteiger partial charge in [-0.3, -0.25) is 9.00 Å². The van der Waals surface area contributed by atoms with E-state index >= 15 is 0 Å². The summed E-state index contributed by atoms with van der Waals surface area (Å²) in [6.07, 6.45) is 0.284. The van der Waals surface area contributed by atoms with Crippen LogP contribution in [0.3, 0.4) is 0 Å². The van der Waals surface area contributed by atoms with E-state index in [0.29, 0.717) is 23.1 Å². The lowest BCUT2D eigenvalue weighted by molar-refractivity contribution is -0.120. The van der Waals surface area contributed by atoms with Crippen molar-refractivity contribution in [1.29, 1.82) is 0 Å². The number of halogens is 1. The average Bonchev–Trinajstić information content (AvgIpc) is 2.48. The van der Waals surface area contributed by atoms with Gasteiger partial charge in [-0.05, 0) is 23.3 Å². The van der Waals surface area contributed by atoms with Gasteiger partial charge < -0.3 is 5.32 Å². The molecule has 0 saturated heterocycles. The van der Waals surface area contributed by atoms with Gasteiger partial charge in [-0.15, -0.1) is 0 Å². The molecule has 0 aliphatic heterocycles. The van der Waals surface area contributed by atoms with Gasteiger partial charge in [0.05, 0.1) is 6.42 Å². The molecule has 0 aromatic heterocycles. The second kappa shape index (κ2) is 8.71. The molecule has 0 fully saturated rings. The zero-order valence-corrected chi connectivity index (χ0v) is 13.7. The van der Waals surface area contributed by atoms with Crippen LogP contribution in [0.4, 0.5) is 0 Å². The fourth-order valence-corrected chi connectivity index (χ4v) is 3.28. The molecule has 0 bridgehead atoms. The quantitative estimate of drug-likeness (QED) is 0.845. The Morgan fingerprint density at radius 3 is 2.50 bits per heavy atom. The monoisotopic (exact) mass is 335 g/mol. The van der Waals surface area contributed by atoms with Crippen LogP contribution in [0, 0.1) is 0 Å². The maximum Gasteiger partial charge on any atom is 0.224 e. The van der Waals surface area contributed by atoms with Crippen molar-refractivity contribution in [2.24, 2.45) is 0 Å². The minimum Gasteiger partial charge on any atom is -0.355 e. The summed E-state index contributed by atoms with van der Waals surface area (Å²) in [6.45, 7) is 0.416. The first kappa shape index (κ1) is 16.7. The summed E-state index contributed by atoms with van der Waals surface area (Å²) in [5.41, 5.74) is 1.92. The molecule has 2 rings (SSSR count). The Labute approximate surface area is 138 Å². The number of rotatable bonds is 7. The second-order valence-corrected chi connectivity index (χ2v) is 6.94. The first-order chi connectivity index (χ1) is 10.6. The highest BCUT2D eigenvalue weighted by molar-refractivity contribution is 7.84. The highest BCUT2D eigenvalue weighted by Gasteiger charge is 2.05. The number of amides is 1. The summed E-state index contributed by atoms with van der Waals surface area (Å²) in [5.74, 6) is 0.889. The predicted molar refractivity (Wildman–Crippen MR) is 91.3 cm³/mol. The van der Waals surface area contributed by atoms with Gasteiger partial charge in [0.2, 0.25) is 5.91 Å². The fourth-order valence-electron chi connectivity index (χ4n) is 2.03. The lowest BCUT2D eigenvalue weighted by Crippen LogP contribution is -2.29. The first-order valence-electron chi connectivity index (χ1n) is 7.03. The van der Waals surface area contributed by atoms with Crippen LogP contribution in [0.5, 0.6) is 0 Å². The third kappa shape index (κ3) is 6.00. The van der Waals surface area contributed by atoms with Gasteiger partial charge in [0, 0.05) is 33.9 Å². The minimum atomic E-state index is -0.973. The van der Waals surface area contributed by atoms with Gasteiger partial charge in [-0.1, -0.05) is 54.1 Å². The predicted octanol–water partition coefficient (Wildman–Crippen LogP) is 2.95. The normalized spacial score (nSPS) is 11.9. The Bertz CT molecular complexity index is 646. The van der Waals surface area contributed by atoms with Crippen molar-refractivity contribution in [2.45, 2.75) is 12.2 Å². The van der Waals surface area contributed by atoms with E-state index in [1.54, 1.807) is 12.1 Å². The van der Waals surface area contributed by atoms with E-state index in [0.717, 1.165) is 11.1 Å². The minimum absolute atomic E-state index is 0.0843. The molecule has 0 spiro atoms. The van der Waals surface area contributed by atoms with Crippen molar-refractivity contribution in [3.8, 4) is 0 Å². The van der Waals surface area contributed by atoms with E-state index in [1.165, 1.54) is 0 Å². The maximum absolute atomic E-state index is 11.9. The molecule has 1 amide bonds. The SMILES string of the molecule is O=C(Cc1cccc(Cl)c1)NCCS(=O)Cc1ccccc1. The molecule has 22 heavy (non-hydrogen) atoms. The number of hydrogen-bond donors (Lipinski definition) is 1. The van der Waals surface area contributed by atoms with Crippen LogP contribution in [0.15, 0.2) is 54.6 Å². The van der Waals surface area contributed by atoms with Crippen molar-refractivity contribution in [2.75, 3.05) is 12.3 Å². The Morgan fingerprint density at radius 2 is 1.77 bits per heavy atom. The number of carbonyl (C=O) groups excluding carboxylic acids is 1. The van der Waals surface area contributed by atoms with Crippen molar-refractivity contribution in [3.05, 3.63) is 70.7 Å². The lowest BCUT2D eigenvalue weighted by Gasteiger charge is -2.06. The molecule has 0 radical (unpaired) electrons. The van der Waals surface area contributed by atoms with Crippen LogP contribution < -0.4 is 5.32 Å². The van der Waals surface area contributed by atoms with Crippen LogP contribution >= 0.6 is 11.6 Å². The Morgan fingerprint density at radius 1 is 1.05 bits per heavy atom. The molecule has 2 aromatic carbocycles. The van der Waals surface area contributed by atoms with Crippen molar-refractivity contribution >= 4 is 28.3 Å². The molecular formula is C17H18ClNO2S. The fraction of sp³-hybridized carbons (Fsp3) is 0.235. The Kier molecular flexibility index (Phi) is 6.62. The molecular weight excluding hydrogens is 318 g/mol. The lowest BCUT2D eigenvalue weighted by atomic mass is 10.1. The molecule has 0 saturated carbocycles. The van der Waals surface area contributed by atoms with Crippen molar-refractivity contribution in [3.63, 3.8) is 0 Å². The van der Waals surface area contributed by atoms with Crippen molar-refractivity contribution in [1.82, 2.24) is 5.32 Å². The van der Waals surface area contributed by atoms with Gasteiger partial charge >= 0.3 is 0 Å². The van der Waals surface area contributed by atoms with Crippen molar-refractivity contribution < 1.29 is 9.00 Å². The Hall–Kier alpha value is -1.65. The van der Waals surface area contributed by atoms with E-state index in [9.17, 15) is 9.00 Å². The standard InChI is InChI=1S/C17H18ClNO2S/c18-16-8-4-7-15(11-16)12-17(20)19-9-10-22(21)13-14-5-2-1-3-6-14/h1-8,11H,9-10,12-13H2,(H,19,20). The van der Waals surface area contributed by atoms with Crippen LogP contribution in [0.1, 0.15) is 11.1 Å². The van der Waals surface area contributed by atoms with Gasteiger partial charge in [-0.25, -0.2) is 0 Å². The molecule has 0 heterocycles. The highest BCUT2D eigenvalue weighted by atomic mass is 35.5. The highest BCUT2D eigenvalue weighted by Crippen LogP contribution is 2.10. The largest absolute Gasteiger partial charge is 0.355 e. The summed E-state index contributed by atoms with van der Waals surface area (Å²) in [7, 11) is -0.973. The second-order valence-electron chi connectivity index (χ2n) is 4.93.